The molecular formula is C19H25NO4. The van der Waals surface area contributed by atoms with Gasteiger partial charge in [-0.1, -0.05) is 12.1 Å². The third-order valence-electron chi connectivity index (χ3n) is 4.67. The minimum absolute atomic E-state index is 0.0429. The van der Waals surface area contributed by atoms with Crippen LogP contribution in [-0.2, 0) is 4.74 Å². The Kier molecular flexibility index (Phi) is 5.88. The molecule has 2 heterocycles. The summed E-state index contributed by atoms with van der Waals surface area (Å²) in [6.45, 7) is 2.36. The van der Waals surface area contributed by atoms with E-state index < -0.39 is 0 Å². The topological polar surface area (TPSA) is 59.0 Å². The summed E-state index contributed by atoms with van der Waals surface area (Å²) in [4.78, 5) is 14.4. The molecule has 2 aliphatic heterocycles. The van der Waals surface area contributed by atoms with Crippen molar-refractivity contribution < 1.29 is 19.4 Å². The lowest BCUT2D eigenvalue weighted by Gasteiger charge is -2.24. The Morgan fingerprint density at radius 1 is 1.33 bits per heavy atom. The van der Waals surface area contributed by atoms with Gasteiger partial charge in [-0.2, -0.15) is 0 Å². The van der Waals surface area contributed by atoms with Gasteiger partial charge in [-0.05, 0) is 49.8 Å². The number of benzene rings is 1. The van der Waals surface area contributed by atoms with E-state index in [0.29, 0.717) is 24.5 Å². The number of carbonyl (C=O) groups excluding carboxylic acids is 1. The van der Waals surface area contributed by atoms with Crippen molar-refractivity contribution in [3.8, 4) is 5.75 Å². The predicted octanol–water partition coefficient (Wildman–Crippen LogP) is 2.60. The lowest BCUT2D eigenvalue weighted by atomic mass is 10.0. The van der Waals surface area contributed by atoms with Crippen LogP contribution in [0.5, 0.6) is 5.75 Å². The van der Waals surface area contributed by atoms with Crippen molar-refractivity contribution in [3.05, 3.63) is 42.1 Å². The molecule has 1 amide bonds. The highest BCUT2D eigenvalue weighted by Gasteiger charge is 2.25. The van der Waals surface area contributed by atoms with Crippen LogP contribution in [0.4, 0.5) is 0 Å². The molecule has 5 heteroatoms. The number of hydrogen-bond donors (Lipinski definition) is 1. The maximum absolute atomic E-state index is 12.7. The quantitative estimate of drug-likeness (QED) is 0.870. The molecule has 1 atom stereocenters. The minimum Gasteiger partial charge on any atom is -0.493 e. The lowest BCUT2D eigenvalue weighted by molar-refractivity contribution is 0.0497. The molecule has 1 N–H and O–H groups in total. The Labute approximate surface area is 142 Å². The van der Waals surface area contributed by atoms with E-state index in [9.17, 15) is 4.79 Å². The van der Waals surface area contributed by atoms with Gasteiger partial charge in [0.15, 0.2) is 0 Å². The van der Waals surface area contributed by atoms with Crippen LogP contribution < -0.4 is 4.74 Å². The van der Waals surface area contributed by atoms with Crippen molar-refractivity contribution in [3.63, 3.8) is 0 Å². The standard InChI is InChI=1S/C19H25NO4/c21-10-6-17-4-2-9-20(17)19(22)16-3-1-5-18(13-16)24-14-15-7-11-23-12-8-15/h1-3,5,9,13,15,17,21H,4,6-8,10-12,14H2. The zero-order valence-corrected chi connectivity index (χ0v) is 13.9. The van der Waals surface area contributed by atoms with Crippen LogP contribution in [0, 0.1) is 5.92 Å². The van der Waals surface area contributed by atoms with Gasteiger partial charge in [0.2, 0.25) is 0 Å². The molecular weight excluding hydrogens is 306 g/mol. The molecule has 0 aromatic heterocycles. The maximum atomic E-state index is 12.7. The fraction of sp³-hybridized carbons (Fsp3) is 0.526. The molecule has 0 spiro atoms. The Bertz CT molecular complexity index is 580. The van der Waals surface area contributed by atoms with Crippen LogP contribution in [0.15, 0.2) is 36.5 Å². The van der Waals surface area contributed by atoms with Crippen molar-refractivity contribution in [1.29, 1.82) is 0 Å². The molecule has 0 saturated carbocycles. The second-order valence-corrected chi connectivity index (χ2v) is 6.39. The number of amides is 1. The summed E-state index contributed by atoms with van der Waals surface area (Å²) >= 11 is 0. The summed E-state index contributed by atoms with van der Waals surface area (Å²) in [6.07, 6.45) is 7.24. The Morgan fingerprint density at radius 3 is 2.96 bits per heavy atom. The van der Waals surface area contributed by atoms with Crippen molar-refractivity contribution >= 4 is 5.91 Å². The van der Waals surface area contributed by atoms with E-state index >= 15 is 0 Å². The van der Waals surface area contributed by atoms with Gasteiger partial charge in [-0.25, -0.2) is 0 Å². The van der Waals surface area contributed by atoms with Crippen LogP contribution >= 0.6 is 0 Å². The summed E-state index contributed by atoms with van der Waals surface area (Å²) in [5, 5.41) is 9.14. The molecule has 1 aromatic rings. The van der Waals surface area contributed by atoms with E-state index in [1.165, 1.54) is 0 Å². The monoisotopic (exact) mass is 331 g/mol. The first-order chi connectivity index (χ1) is 11.8. The second-order valence-electron chi connectivity index (χ2n) is 6.39. The highest BCUT2D eigenvalue weighted by Crippen LogP contribution is 2.23. The van der Waals surface area contributed by atoms with Crippen LogP contribution in [0.1, 0.15) is 36.0 Å². The fourth-order valence-corrected chi connectivity index (χ4v) is 3.20. The average molecular weight is 331 g/mol. The number of hydrogen-bond acceptors (Lipinski definition) is 4. The summed E-state index contributed by atoms with van der Waals surface area (Å²) in [5.74, 6) is 1.21. The highest BCUT2D eigenvalue weighted by atomic mass is 16.5. The van der Waals surface area contributed by atoms with Gasteiger partial charge in [0.1, 0.15) is 5.75 Å². The summed E-state index contributed by atoms with van der Waals surface area (Å²) in [7, 11) is 0. The van der Waals surface area contributed by atoms with Crippen molar-refractivity contribution in [2.24, 2.45) is 5.92 Å². The van der Waals surface area contributed by atoms with Gasteiger partial charge in [0.25, 0.3) is 5.91 Å². The van der Waals surface area contributed by atoms with E-state index in [0.717, 1.165) is 38.2 Å². The number of aliphatic hydroxyl groups excluding tert-OH is 1. The van der Waals surface area contributed by atoms with Gasteiger partial charge in [-0.15, -0.1) is 0 Å². The van der Waals surface area contributed by atoms with E-state index in [4.69, 9.17) is 14.6 Å². The smallest absolute Gasteiger partial charge is 0.258 e. The predicted molar refractivity (Wildman–Crippen MR) is 90.9 cm³/mol. The van der Waals surface area contributed by atoms with Crippen LogP contribution in [0.25, 0.3) is 0 Å². The zero-order chi connectivity index (χ0) is 16.8. The number of ether oxygens (including phenoxy) is 2. The molecule has 1 fully saturated rings. The Balaban J connectivity index is 1.61. The van der Waals surface area contributed by atoms with Crippen LogP contribution in [0.3, 0.4) is 0 Å². The molecule has 130 valence electrons. The van der Waals surface area contributed by atoms with E-state index in [1.54, 1.807) is 4.90 Å². The second kappa shape index (κ2) is 8.31. The number of carbonyl (C=O) groups is 1. The number of rotatable bonds is 6. The van der Waals surface area contributed by atoms with Gasteiger partial charge in [0, 0.05) is 37.6 Å². The summed E-state index contributed by atoms with van der Waals surface area (Å²) < 4.78 is 11.2. The average Bonchev–Trinajstić information content (AvgIpc) is 3.09. The van der Waals surface area contributed by atoms with Gasteiger partial charge < -0.3 is 19.5 Å². The number of nitrogens with zero attached hydrogens (tertiary/aromatic N) is 1. The summed E-state index contributed by atoms with van der Waals surface area (Å²) in [5.41, 5.74) is 0.619. The molecule has 1 aromatic carbocycles. The van der Waals surface area contributed by atoms with Crippen molar-refractivity contribution in [2.45, 2.75) is 31.7 Å². The maximum Gasteiger partial charge on any atom is 0.258 e. The Hall–Kier alpha value is -1.85. The molecule has 5 nitrogen and oxygen atoms in total. The van der Waals surface area contributed by atoms with Crippen LogP contribution in [-0.4, -0.2) is 48.4 Å². The first-order valence-electron chi connectivity index (χ1n) is 8.68. The molecule has 1 saturated heterocycles. The third-order valence-corrected chi connectivity index (χ3v) is 4.67. The first-order valence-corrected chi connectivity index (χ1v) is 8.68. The van der Waals surface area contributed by atoms with E-state index in [2.05, 4.69) is 0 Å². The molecule has 0 radical (unpaired) electrons. The molecule has 24 heavy (non-hydrogen) atoms. The largest absolute Gasteiger partial charge is 0.493 e. The van der Waals surface area contributed by atoms with Gasteiger partial charge in [0.05, 0.1) is 6.61 Å². The van der Waals surface area contributed by atoms with Crippen molar-refractivity contribution in [2.75, 3.05) is 26.4 Å². The molecule has 3 rings (SSSR count). The van der Waals surface area contributed by atoms with E-state index in [1.807, 2.05) is 36.5 Å². The van der Waals surface area contributed by atoms with Gasteiger partial charge >= 0.3 is 0 Å². The molecule has 0 bridgehead atoms. The third kappa shape index (κ3) is 4.16. The van der Waals surface area contributed by atoms with Crippen LogP contribution in [0.2, 0.25) is 0 Å². The fourth-order valence-electron chi connectivity index (χ4n) is 3.20. The van der Waals surface area contributed by atoms with E-state index in [-0.39, 0.29) is 18.6 Å². The highest BCUT2D eigenvalue weighted by molar-refractivity contribution is 5.95. The lowest BCUT2D eigenvalue weighted by Crippen LogP contribution is -2.33. The Morgan fingerprint density at radius 2 is 2.17 bits per heavy atom. The summed E-state index contributed by atoms with van der Waals surface area (Å²) in [6, 6.07) is 7.42. The number of aliphatic hydroxyl groups is 1. The molecule has 0 aliphatic carbocycles. The zero-order valence-electron chi connectivity index (χ0n) is 13.9. The SMILES string of the molecule is O=C(c1cccc(OCC2CCOCC2)c1)N1C=CCC1CCO. The first kappa shape index (κ1) is 17.0. The minimum atomic E-state index is -0.0429. The molecule has 1 unspecified atom stereocenters. The van der Waals surface area contributed by atoms with Crippen molar-refractivity contribution in [1.82, 2.24) is 4.90 Å². The normalized spacial score (nSPS) is 21.2. The van der Waals surface area contributed by atoms with Gasteiger partial charge in [-0.3, -0.25) is 4.79 Å². The molecule has 2 aliphatic rings.